The van der Waals surface area contributed by atoms with Gasteiger partial charge in [0, 0.05) is 17.4 Å². The molecule has 0 saturated heterocycles. The summed E-state index contributed by atoms with van der Waals surface area (Å²) in [5, 5.41) is 20.8. The average Bonchev–Trinajstić information content (AvgIpc) is 2.97. The Hall–Kier alpha value is -3.05. The molecule has 0 aliphatic rings. The Labute approximate surface area is 142 Å². The molecule has 2 N–H and O–H groups in total. The second kappa shape index (κ2) is 5.54. The number of phenolic OH excluding ortho intramolecular Hbond substituents is 1. The van der Waals surface area contributed by atoms with Crippen molar-refractivity contribution < 1.29 is 10.2 Å². The predicted molar refractivity (Wildman–Crippen MR) is 92.2 cm³/mol. The molecule has 4 aromatic rings. The van der Waals surface area contributed by atoms with Gasteiger partial charge in [-0.05, 0) is 42.5 Å². The number of aromatic nitrogens is 3. The Balaban J connectivity index is 2.06. The zero-order chi connectivity index (χ0) is 16.7. The van der Waals surface area contributed by atoms with Crippen LogP contribution in [0.5, 0.6) is 11.6 Å². The van der Waals surface area contributed by atoms with E-state index >= 15 is 0 Å². The summed E-state index contributed by atoms with van der Waals surface area (Å²) in [4.78, 5) is 8.55. The van der Waals surface area contributed by atoms with Gasteiger partial charge in [-0.25, -0.2) is 9.97 Å². The molecule has 0 aliphatic heterocycles. The van der Waals surface area contributed by atoms with Gasteiger partial charge in [-0.15, -0.1) is 0 Å². The minimum Gasteiger partial charge on any atom is -0.507 e. The van der Waals surface area contributed by atoms with Gasteiger partial charge in [0.1, 0.15) is 17.3 Å². The van der Waals surface area contributed by atoms with Gasteiger partial charge in [0.25, 0.3) is 0 Å². The highest BCUT2D eigenvalue weighted by atomic mass is 35.5. The Kier molecular flexibility index (Phi) is 3.36. The lowest BCUT2D eigenvalue weighted by atomic mass is 10.2. The van der Waals surface area contributed by atoms with E-state index in [9.17, 15) is 10.2 Å². The van der Waals surface area contributed by atoms with Crippen LogP contribution in [0.25, 0.3) is 28.2 Å². The maximum Gasteiger partial charge on any atom is 0.220 e. The first-order valence-electron chi connectivity index (χ1n) is 7.25. The molecule has 0 amide bonds. The van der Waals surface area contributed by atoms with Crippen molar-refractivity contribution in [3.05, 3.63) is 65.9 Å². The smallest absolute Gasteiger partial charge is 0.220 e. The van der Waals surface area contributed by atoms with Crippen molar-refractivity contribution in [2.45, 2.75) is 0 Å². The van der Waals surface area contributed by atoms with E-state index in [2.05, 4.69) is 9.97 Å². The van der Waals surface area contributed by atoms with Crippen molar-refractivity contribution in [2.24, 2.45) is 0 Å². The van der Waals surface area contributed by atoms with E-state index in [1.54, 1.807) is 24.3 Å². The SMILES string of the molecule is Oc1ccc(Cl)cc1-c1nc(-c2cccnc2O)c2ccccn12. The highest BCUT2D eigenvalue weighted by Gasteiger charge is 2.18. The van der Waals surface area contributed by atoms with Crippen molar-refractivity contribution in [2.75, 3.05) is 0 Å². The second-order valence-electron chi connectivity index (χ2n) is 5.28. The zero-order valence-electron chi connectivity index (χ0n) is 12.4. The van der Waals surface area contributed by atoms with Crippen LogP contribution in [0.2, 0.25) is 5.02 Å². The number of nitrogens with zero attached hydrogens (tertiary/aromatic N) is 3. The van der Waals surface area contributed by atoms with Crippen molar-refractivity contribution in [1.82, 2.24) is 14.4 Å². The number of imidazole rings is 1. The molecule has 0 spiro atoms. The topological polar surface area (TPSA) is 70.7 Å². The van der Waals surface area contributed by atoms with Crippen LogP contribution < -0.4 is 0 Å². The van der Waals surface area contributed by atoms with Gasteiger partial charge in [-0.2, -0.15) is 0 Å². The molecule has 1 aromatic carbocycles. The summed E-state index contributed by atoms with van der Waals surface area (Å²) in [6.45, 7) is 0. The lowest BCUT2D eigenvalue weighted by molar-refractivity contribution is 0.455. The fourth-order valence-corrected chi connectivity index (χ4v) is 2.87. The van der Waals surface area contributed by atoms with Crippen LogP contribution in [-0.4, -0.2) is 24.6 Å². The standard InChI is InChI=1S/C18H12ClN3O2/c19-11-6-7-15(23)13(10-11)17-21-16(12-4-3-8-20-18(12)24)14-5-1-2-9-22(14)17/h1-10,23H,(H,20,24). The maximum atomic E-state index is 10.2. The Bertz CT molecular complexity index is 1060. The summed E-state index contributed by atoms with van der Waals surface area (Å²) < 4.78 is 1.84. The molecule has 0 fully saturated rings. The monoisotopic (exact) mass is 337 g/mol. The van der Waals surface area contributed by atoms with E-state index in [1.165, 1.54) is 12.3 Å². The quantitative estimate of drug-likeness (QED) is 0.577. The van der Waals surface area contributed by atoms with Crippen LogP contribution in [0.4, 0.5) is 0 Å². The summed E-state index contributed by atoms with van der Waals surface area (Å²) in [6.07, 6.45) is 3.36. The third-order valence-corrected chi connectivity index (χ3v) is 4.02. The molecule has 0 saturated carbocycles. The molecule has 6 heteroatoms. The molecule has 118 valence electrons. The highest BCUT2D eigenvalue weighted by Crippen LogP contribution is 2.36. The summed E-state index contributed by atoms with van der Waals surface area (Å²) in [7, 11) is 0. The molecule has 4 rings (SSSR count). The first-order chi connectivity index (χ1) is 11.6. The van der Waals surface area contributed by atoms with E-state index in [4.69, 9.17) is 11.6 Å². The van der Waals surface area contributed by atoms with E-state index in [0.29, 0.717) is 27.7 Å². The highest BCUT2D eigenvalue weighted by molar-refractivity contribution is 6.30. The number of pyridine rings is 2. The number of hydrogen-bond donors (Lipinski definition) is 2. The van der Waals surface area contributed by atoms with Crippen molar-refractivity contribution in [3.63, 3.8) is 0 Å². The minimum absolute atomic E-state index is 0.0807. The molecule has 0 atom stereocenters. The van der Waals surface area contributed by atoms with E-state index in [-0.39, 0.29) is 11.6 Å². The van der Waals surface area contributed by atoms with E-state index in [1.807, 2.05) is 28.8 Å². The molecule has 0 unspecified atom stereocenters. The van der Waals surface area contributed by atoms with E-state index in [0.717, 1.165) is 5.52 Å². The fraction of sp³-hybridized carbons (Fsp3) is 0. The fourth-order valence-electron chi connectivity index (χ4n) is 2.70. The van der Waals surface area contributed by atoms with Gasteiger partial charge < -0.3 is 10.2 Å². The molecule has 0 aliphatic carbocycles. The number of fused-ring (bicyclic) bond motifs is 1. The van der Waals surface area contributed by atoms with Gasteiger partial charge >= 0.3 is 0 Å². The third-order valence-electron chi connectivity index (χ3n) is 3.79. The molecule has 3 heterocycles. The summed E-state index contributed by atoms with van der Waals surface area (Å²) in [6, 6.07) is 13.9. The number of phenols is 1. The largest absolute Gasteiger partial charge is 0.507 e. The molecule has 3 aromatic heterocycles. The summed E-state index contributed by atoms with van der Waals surface area (Å²) in [5.41, 5.74) is 2.40. The number of halogens is 1. The van der Waals surface area contributed by atoms with Gasteiger partial charge in [-0.3, -0.25) is 4.40 Å². The van der Waals surface area contributed by atoms with Crippen LogP contribution >= 0.6 is 11.6 Å². The van der Waals surface area contributed by atoms with Gasteiger partial charge in [-0.1, -0.05) is 17.7 Å². The Morgan fingerprint density at radius 1 is 0.958 bits per heavy atom. The first kappa shape index (κ1) is 14.5. The van der Waals surface area contributed by atoms with E-state index < -0.39 is 0 Å². The second-order valence-corrected chi connectivity index (χ2v) is 5.71. The number of benzene rings is 1. The average molecular weight is 338 g/mol. The van der Waals surface area contributed by atoms with Crippen LogP contribution in [0.3, 0.4) is 0 Å². The van der Waals surface area contributed by atoms with Gasteiger partial charge in [0.15, 0.2) is 0 Å². The number of rotatable bonds is 2. The number of hydrogen-bond acceptors (Lipinski definition) is 4. The molecular weight excluding hydrogens is 326 g/mol. The van der Waals surface area contributed by atoms with Crippen LogP contribution in [-0.2, 0) is 0 Å². The van der Waals surface area contributed by atoms with Gasteiger partial charge in [0.05, 0.1) is 16.6 Å². The predicted octanol–water partition coefficient (Wildman–Crippen LogP) is 4.13. The molecule has 24 heavy (non-hydrogen) atoms. The first-order valence-corrected chi connectivity index (χ1v) is 7.63. The molecule has 0 bridgehead atoms. The van der Waals surface area contributed by atoms with Crippen LogP contribution in [0, 0.1) is 0 Å². The summed E-state index contributed by atoms with van der Waals surface area (Å²) in [5.74, 6) is 0.518. The van der Waals surface area contributed by atoms with Crippen LogP contribution in [0.1, 0.15) is 0 Å². The third kappa shape index (κ3) is 2.26. The number of aromatic hydroxyl groups is 2. The van der Waals surface area contributed by atoms with Crippen LogP contribution in [0.15, 0.2) is 60.9 Å². The molecular formula is C18H12ClN3O2. The lowest BCUT2D eigenvalue weighted by Crippen LogP contribution is -1.89. The van der Waals surface area contributed by atoms with Crippen molar-refractivity contribution in [1.29, 1.82) is 0 Å². The molecule has 0 radical (unpaired) electrons. The normalized spacial score (nSPS) is 11.0. The van der Waals surface area contributed by atoms with Crippen molar-refractivity contribution >= 4 is 17.1 Å². The van der Waals surface area contributed by atoms with Crippen molar-refractivity contribution in [3.8, 4) is 34.3 Å². The maximum absolute atomic E-state index is 10.2. The Morgan fingerprint density at radius 2 is 1.83 bits per heavy atom. The minimum atomic E-state index is -0.0942. The lowest BCUT2D eigenvalue weighted by Gasteiger charge is -2.04. The van der Waals surface area contributed by atoms with Gasteiger partial charge in [0.2, 0.25) is 5.88 Å². The Morgan fingerprint density at radius 3 is 2.67 bits per heavy atom. The molecule has 5 nitrogen and oxygen atoms in total. The summed E-state index contributed by atoms with van der Waals surface area (Å²) >= 11 is 6.07. The zero-order valence-corrected chi connectivity index (χ0v) is 13.1.